The van der Waals surface area contributed by atoms with Crippen LogP contribution in [0.25, 0.3) is 60.9 Å². The zero-order valence-electron chi connectivity index (χ0n) is 42.7. The predicted octanol–water partition coefficient (Wildman–Crippen LogP) is 18.8. The molecule has 0 radical (unpaired) electrons. The van der Waals surface area contributed by atoms with Crippen molar-refractivity contribution >= 4 is 38.9 Å². The molecule has 0 unspecified atom stereocenters. The predicted molar refractivity (Wildman–Crippen MR) is 304 cm³/mol. The average Bonchev–Trinajstić information content (AvgIpc) is 3.87. The average molecular weight is 947 g/mol. The summed E-state index contributed by atoms with van der Waals surface area (Å²) >= 11 is 0. The maximum absolute atomic E-state index is 2.60. The largest absolute Gasteiger partial charge is 0.310 e. The van der Waals surface area contributed by atoms with Crippen LogP contribution in [0.4, 0.5) is 17.1 Å². The minimum absolute atomic E-state index is 0.330. The Bertz CT molecular complexity index is 3480. The van der Waals surface area contributed by atoms with E-state index in [-0.39, 0.29) is 5.41 Å². The van der Waals surface area contributed by atoms with Crippen LogP contribution in [0.5, 0.6) is 0 Å². The van der Waals surface area contributed by atoms with Gasteiger partial charge in [-0.3, -0.25) is 0 Å². The SMILES string of the molecule is CC1(C)c2cc(N(c3ccc(C45CC6CC(CC(C6)C4)C5)cc3)c3ccc(C45CC6CC(CC(C6)C4)C5)cc3)ccc2-c2c(-c3ccccc3)cc3c4cc(-c5ccccc5)ccc4n(-c4ccccc4)c3c21. The fraction of sp³-hybridized carbons (Fsp3) is 0.324. The van der Waals surface area contributed by atoms with Crippen molar-refractivity contribution in [2.75, 3.05) is 4.90 Å². The first-order chi connectivity index (χ1) is 35.8. The number of hydrogen-bond donors (Lipinski definition) is 0. The van der Waals surface area contributed by atoms with Crippen LogP contribution in [-0.2, 0) is 16.2 Å². The van der Waals surface area contributed by atoms with Crippen molar-refractivity contribution in [3.63, 3.8) is 0 Å². The Labute approximate surface area is 432 Å². The fourth-order valence-corrected chi connectivity index (χ4v) is 18.4. The summed E-state index contributed by atoms with van der Waals surface area (Å²) in [6.45, 7) is 5.01. The molecule has 8 bridgehead atoms. The molecule has 8 fully saturated rings. The van der Waals surface area contributed by atoms with Gasteiger partial charge in [0.05, 0.1) is 11.0 Å². The minimum Gasteiger partial charge on any atom is -0.310 e. The first-order valence-electron chi connectivity index (χ1n) is 28.2. The summed E-state index contributed by atoms with van der Waals surface area (Å²) in [5, 5.41) is 2.59. The van der Waals surface area contributed by atoms with Crippen molar-refractivity contribution < 1.29 is 0 Å². The van der Waals surface area contributed by atoms with Crippen molar-refractivity contribution in [1.82, 2.24) is 4.57 Å². The van der Waals surface area contributed by atoms with Crippen molar-refractivity contribution in [2.24, 2.45) is 35.5 Å². The number of benzene rings is 8. The normalized spacial score (nSPS) is 27.7. The lowest BCUT2D eigenvalue weighted by Crippen LogP contribution is -2.48. The van der Waals surface area contributed by atoms with E-state index in [9.17, 15) is 0 Å². The molecule has 9 aliphatic carbocycles. The van der Waals surface area contributed by atoms with Crippen molar-refractivity contribution in [2.45, 2.75) is 107 Å². The monoisotopic (exact) mass is 947 g/mol. The summed E-state index contributed by atoms with van der Waals surface area (Å²) in [6, 6.07) is 70.6. The lowest BCUT2D eigenvalue weighted by Gasteiger charge is -2.57. The van der Waals surface area contributed by atoms with E-state index in [2.05, 4.69) is 205 Å². The van der Waals surface area contributed by atoms with Crippen LogP contribution >= 0.6 is 0 Å². The standard InChI is InChI=1S/C71H66N2/c1-69(2)64-37-59(72(57-23-19-54(20-24-57)70-39-45-30-46(40-70)32-47(31-45)41-70)58-25-21-55(22-26-58)71-42-48-33-49(43-71)35-50(34-48)44-71)27-28-60(64)66-61(52-14-8-4-9-15-52)38-63-62-36-53(51-12-6-3-7-13-51)18-29-65(62)73(68(63)67(66)69)56-16-10-5-11-17-56/h3-29,36-38,45-50H,30-35,39-44H2,1-2H3. The molecule has 360 valence electrons. The maximum Gasteiger partial charge on any atom is 0.0588 e. The Morgan fingerprint density at radius 1 is 0.411 bits per heavy atom. The van der Waals surface area contributed by atoms with Crippen LogP contribution in [0.3, 0.4) is 0 Å². The molecule has 2 heteroatoms. The third-order valence-corrected chi connectivity index (χ3v) is 20.6. The molecule has 9 aromatic rings. The molecule has 0 saturated heterocycles. The van der Waals surface area contributed by atoms with Gasteiger partial charge in [-0.1, -0.05) is 129 Å². The minimum atomic E-state index is -0.330. The maximum atomic E-state index is 2.60. The summed E-state index contributed by atoms with van der Waals surface area (Å²) in [4.78, 5) is 2.60. The second-order valence-electron chi connectivity index (χ2n) is 25.4. The molecule has 18 rings (SSSR count). The Morgan fingerprint density at radius 2 is 0.890 bits per heavy atom. The number of nitrogens with zero attached hydrogens (tertiary/aromatic N) is 2. The van der Waals surface area contributed by atoms with E-state index < -0.39 is 0 Å². The Balaban J connectivity index is 0.879. The highest BCUT2D eigenvalue weighted by Gasteiger charge is 2.53. The highest BCUT2D eigenvalue weighted by molar-refractivity contribution is 6.17. The van der Waals surface area contributed by atoms with Crippen molar-refractivity contribution in [1.29, 1.82) is 0 Å². The van der Waals surface area contributed by atoms with Gasteiger partial charge < -0.3 is 9.47 Å². The molecule has 0 spiro atoms. The quantitative estimate of drug-likeness (QED) is 0.147. The fourth-order valence-electron chi connectivity index (χ4n) is 18.4. The van der Waals surface area contributed by atoms with Gasteiger partial charge in [0, 0.05) is 38.9 Å². The first kappa shape index (κ1) is 42.8. The number of aromatic nitrogens is 1. The van der Waals surface area contributed by atoms with Gasteiger partial charge in [0.25, 0.3) is 0 Å². The van der Waals surface area contributed by atoms with Gasteiger partial charge in [0.15, 0.2) is 0 Å². The van der Waals surface area contributed by atoms with E-state index in [1.807, 2.05) is 0 Å². The van der Waals surface area contributed by atoms with E-state index in [1.165, 1.54) is 166 Å². The molecule has 73 heavy (non-hydrogen) atoms. The number of para-hydroxylation sites is 1. The van der Waals surface area contributed by atoms with Crippen LogP contribution in [0.1, 0.15) is 113 Å². The van der Waals surface area contributed by atoms with Crippen LogP contribution in [0, 0.1) is 35.5 Å². The molecule has 8 aromatic carbocycles. The van der Waals surface area contributed by atoms with E-state index >= 15 is 0 Å². The van der Waals surface area contributed by atoms with Gasteiger partial charge in [0.1, 0.15) is 0 Å². The second kappa shape index (κ2) is 15.7. The summed E-state index contributed by atoms with van der Waals surface area (Å²) < 4.78 is 2.57. The van der Waals surface area contributed by atoms with Gasteiger partial charge in [0.2, 0.25) is 0 Å². The summed E-state index contributed by atoms with van der Waals surface area (Å²) in [7, 11) is 0. The number of anilines is 3. The lowest BCUT2D eigenvalue weighted by molar-refractivity contribution is -0.00529. The third-order valence-electron chi connectivity index (χ3n) is 20.6. The Kier molecular flexibility index (Phi) is 9.20. The highest BCUT2D eigenvalue weighted by atomic mass is 15.1. The molecule has 0 N–H and O–H groups in total. The molecule has 1 heterocycles. The smallest absolute Gasteiger partial charge is 0.0588 e. The topological polar surface area (TPSA) is 8.17 Å². The van der Waals surface area contributed by atoms with E-state index in [4.69, 9.17) is 0 Å². The van der Waals surface area contributed by atoms with E-state index in [0.717, 1.165) is 35.5 Å². The molecule has 9 aliphatic rings. The lowest BCUT2D eigenvalue weighted by atomic mass is 9.48. The Morgan fingerprint density at radius 3 is 1.41 bits per heavy atom. The zero-order chi connectivity index (χ0) is 48.2. The summed E-state index contributed by atoms with van der Waals surface area (Å²) in [6.07, 6.45) is 17.2. The third kappa shape index (κ3) is 6.47. The van der Waals surface area contributed by atoms with Gasteiger partial charge in [-0.05, 0) is 246 Å². The molecule has 0 amide bonds. The van der Waals surface area contributed by atoms with Crippen LogP contribution in [0.2, 0.25) is 0 Å². The zero-order valence-corrected chi connectivity index (χ0v) is 42.7. The van der Waals surface area contributed by atoms with Gasteiger partial charge >= 0.3 is 0 Å². The van der Waals surface area contributed by atoms with Gasteiger partial charge in [-0.15, -0.1) is 0 Å². The highest BCUT2D eigenvalue weighted by Crippen LogP contribution is 2.63. The molecule has 8 saturated carbocycles. The van der Waals surface area contributed by atoms with Crippen molar-refractivity contribution in [3.8, 4) is 39.1 Å². The molecular weight excluding hydrogens is 881 g/mol. The number of hydrogen-bond acceptors (Lipinski definition) is 1. The van der Waals surface area contributed by atoms with E-state index in [0.29, 0.717) is 10.8 Å². The van der Waals surface area contributed by atoms with Crippen LogP contribution in [-0.4, -0.2) is 4.57 Å². The molecule has 0 aliphatic heterocycles. The number of rotatable bonds is 8. The van der Waals surface area contributed by atoms with E-state index in [1.54, 1.807) is 11.1 Å². The molecular formula is C71H66N2. The second-order valence-corrected chi connectivity index (χ2v) is 25.4. The van der Waals surface area contributed by atoms with Crippen LogP contribution in [0.15, 0.2) is 182 Å². The summed E-state index contributed by atoms with van der Waals surface area (Å²) in [5.74, 6) is 5.57. The molecule has 1 aromatic heterocycles. The Hall–Kier alpha value is -6.64. The summed E-state index contributed by atoms with van der Waals surface area (Å²) in [5.41, 5.74) is 21.6. The van der Waals surface area contributed by atoms with Crippen molar-refractivity contribution in [3.05, 3.63) is 204 Å². The van der Waals surface area contributed by atoms with Crippen LogP contribution < -0.4 is 4.90 Å². The molecule has 2 nitrogen and oxygen atoms in total. The first-order valence-corrected chi connectivity index (χ1v) is 28.2. The molecule has 0 atom stereocenters. The van der Waals surface area contributed by atoms with Gasteiger partial charge in [-0.25, -0.2) is 0 Å². The number of fused-ring (bicyclic) bond motifs is 7. The van der Waals surface area contributed by atoms with Gasteiger partial charge in [-0.2, -0.15) is 0 Å².